The van der Waals surface area contributed by atoms with Crippen LogP contribution >= 0.6 is 0 Å². The topological polar surface area (TPSA) is 181 Å². The number of fused-ring (bicyclic) bond motifs is 2. The molecule has 1 unspecified atom stereocenters. The van der Waals surface area contributed by atoms with Crippen molar-refractivity contribution < 1.29 is 37.1 Å². The summed E-state index contributed by atoms with van der Waals surface area (Å²) in [6, 6.07) is 7.08. The number of aromatic amines is 1. The first-order chi connectivity index (χ1) is 26.9. The summed E-state index contributed by atoms with van der Waals surface area (Å²) in [4.78, 5) is 92.3. The SMILES string of the molecule is Cc1nc2ccc(CN3CCN(c4ccc(C(=O)NC5CCN(c6cc7c(cc6F)C(=O)N(C6CCC(=O)NC6=O)C7=O)CC5)nc4F)CC3)c(F)c2[nH]c1=O. The Morgan fingerprint density at radius 3 is 2.23 bits per heavy atom. The average molecular weight is 772 g/mol. The molecule has 290 valence electrons. The number of piperidine rings is 2. The van der Waals surface area contributed by atoms with Crippen LogP contribution in [-0.2, 0) is 16.1 Å². The number of piperazine rings is 1. The maximum Gasteiger partial charge on any atom is 0.270 e. The van der Waals surface area contributed by atoms with Crippen molar-refractivity contribution >= 4 is 51.9 Å². The number of carbonyl (C=O) groups excluding carboxylic acids is 5. The van der Waals surface area contributed by atoms with Crippen molar-refractivity contribution in [1.82, 2.24) is 35.4 Å². The molecule has 0 bridgehead atoms. The van der Waals surface area contributed by atoms with E-state index in [9.17, 15) is 28.8 Å². The first-order valence-electron chi connectivity index (χ1n) is 18.3. The zero-order valence-electron chi connectivity index (χ0n) is 30.2. The minimum atomic E-state index is -1.17. The van der Waals surface area contributed by atoms with Crippen LogP contribution in [0.5, 0.6) is 0 Å². The number of hydrogen-bond acceptors (Lipinski definition) is 11. The summed E-state index contributed by atoms with van der Waals surface area (Å²) in [6.45, 7) is 4.33. The van der Waals surface area contributed by atoms with Crippen molar-refractivity contribution in [2.75, 3.05) is 49.1 Å². The number of carbonyl (C=O) groups is 5. The molecular formula is C38H36F3N9O6. The van der Waals surface area contributed by atoms with Crippen LogP contribution < -0.4 is 26.0 Å². The van der Waals surface area contributed by atoms with Crippen LogP contribution in [0.1, 0.15) is 68.1 Å². The second-order valence-corrected chi connectivity index (χ2v) is 14.4. The molecule has 0 aliphatic carbocycles. The van der Waals surface area contributed by atoms with E-state index < -0.39 is 58.7 Å². The average Bonchev–Trinajstić information content (AvgIpc) is 3.41. The summed E-state index contributed by atoms with van der Waals surface area (Å²) >= 11 is 0. The summed E-state index contributed by atoms with van der Waals surface area (Å²) in [5.41, 5.74) is 0.695. The van der Waals surface area contributed by atoms with Gasteiger partial charge in [-0.2, -0.15) is 4.39 Å². The fraction of sp³-hybridized carbons (Fsp3) is 0.368. The molecule has 56 heavy (non-hydrogen) atoms. The maximum absolute atomic E-state index is 15.4. The van der Waals surface area contributed by atoms with Gasteiger partial charge in [0.2, 0.25) is 17.8 Å². The molecule has 3 fully saturated rings. The molecule has 2 aromatic carbocycles. The van der Waals surface area contributed by atoms with Gasteiger partial charge in [-0.3, -0.25) is 43.9 Å². The lowest BCUT2D eigenvalue weighted by molar-refractivity contribution is -0.136. The summed E-state index contributed by atoms with van der Waals surface area (Å²) < 4.78 is 45.9. The van der Waals surface area contributed by atoms with Gasteiger partial charge in [0.25, 0.3) is 23.3 Å². The molecule has 3 saturated heterocycles. The first kappa shape index (κ1) is 36.8. The number of nitrogens with zero attached hydrogens (tertiary/aromatic N) is 6. The number of pyridine rings is 1. The number of nitrogens with one attached hydrogen (secondary N) is 3. The monoisotopic (exact) mass is 771 g/mol. The van der Waals surface area contributed by atoms with Gasteiger partial charge in [-0.25, -0.2) is 18.7 Å². The Bertz CT molecular complexity index is 2390. The Morgan fingerprint density at radius 2 is 1.54 bits per heavy atom. The number of rotatable bonds is 7. The standard InChI is InChI=1S/C38H36F3N9O6/c1-19-34(52)46-32-25(42-19)3-2-20(31(32)40)18-47-12-14-49(15-13-47)27-5-4-26(44-33(27)41)35(53)43-21-8-10-48(11-9-21)29-17-23-22(16-24(29)39)37(55)50(38(23)56)28-6-7-30(51)45-36(28)54/h2-5,16-17,21,28H,6-15,18H2,1H3,(H,43,53)(H,46,52)(H,45,51,54). The normalized spacial score (nSPS) is 19.5. The number of hydrogen-bond donors (Lipinski definition) is 3. The van der Waals surface area contributed by atoms with E-state index in [0.29, 0.717) is 69.7 Å². The van der Waals surface area contributed by atoms with Crippen LogP contribution in [0.3, 0.4) is 0 Å². The largest absolute Gasteiger partial charge is 0.369 e. The highest BCUT2D eigenvalue weighted by molar-refractivity contribution is 6.23. The van der Waals surface area contributed by atoms with Crippen LogP contribution in [0.15, 0.2) is 41.2 Å². The minimum Gasteiger partial charge on any atom is -0.369 e. The van der Waals surface area contributed by atoms with Gasteiger partial charge in [0.1, 0.15) is 28.8 Å². The second kappa shape index (κ2) is 14.5. The van der Waals surface area contributed by atoms with Gasteiger partial charge in [-0.1, -0.05) is 6.07 Å². The highest BCUT2D eigenvalue weighted by atomic mass is 19.1. The molecule has 2 aromatic heterocycles. The van der Waals surface area contributed by atoms with Gasteiger partial charge < -0.3 is 20.1 Å². The van der Waals surface area contributed by atoms with Crippen molar-refractivity contribution in [3.63, 3.8) is 0 Å². The highest BCUT2D eigenvalue weighted by Crippen LogP contribution is 2.34. The summed E-state index contributed by atoms with van der Waals surface area (Å²) in [6.07, 6.45) is 0.755. The van der Waals surface area contributed by atoms with Gasteiger partial charge in [0.15, 0.2) is 5.82 Å². The molecule has 0 spiro atoms. The van der Waals surface area contributed by atoms with Crippen molar-refractivity contribution in [1.29, 1.82) is 0 Å². The lowest BCUT2D eigenvalue weighted by Gasteiger charge is -2.36. The summed E-state index contributed by atoms with van der Waals surface area (Å²) in [5.74, 6) is -5.41. The smallest absolute Gasteiger partial charge is 0.270 e. The third-order valence-electron chi connectivity index (χ3n) is 10.9. The number of halogens is 3. The Labute approximate surface area is 316 Å². The van der Waals surface area contributed by atoms with E-state index in [2.05, 4.69) is 25.6 Å². The van der Waals surface area contributed by atoms with Crippen LogP contribution in [0.25, 0.3) is 11.0 Å². The van der Waals surface area contributed by atoms with E-state index >= 15 is 13.2 Å². The predicted octanol–water partition coefficient (Wildman–Crippen LogP) is 2.17. The van der Waals surface area contributed by atoms with E-state index in [1.165, 1.54) is 18.2 Å². The molecule has 5 amide bonds. The number of anilines is 2. The Balaban J connectivity index is 0.845. The molecule has 0 saturated carbocycles. The van der Waals surface area contributed by atoms with E-state index in [1.807, 2.05) is 9.80 Å². The molecule has 18 heteroatoms. The third-order valence-corrected chi connectivity index (χ3v) is 10.9. The third kappa shape index (κ3) is 6.73. The molecule has 6 heterocycles. The number of imide groups is 2. The van der Waals surface area contributed by atoms with Crippen molar-refractivity contribution in [2.24, 2.45) is 0 Å². The molecule has 0 radical (unpaired) electrons. The van der Waals surface area contributed by atoms with Crippen molar-refractivity contribution in [3.8, 4) is 0 Å². The van der Waals surface area contributed by atoms with Gasteiger partial charge in [0, 0.05) is 63.8 Å². The van der Waals surface area contributed by atoms with E-state index in [4.69, 9.17) is 0 Å². The number of H-pyrrole nitrogens is 1. The Kier molecular flexibility index (Phi) is 9.51. The lowest BCUT2D eigenvalue weighted by atomic mass is 10.0. The van der Waals surface area contributed by atoms with E-state index in [0.717, 1.165) is 11.0 Å². The van der Waals surface area contributed by atoms with Crippen LogP contribution in [-0.4, -0.2) is 106 Å². The zero-order chi connectivity index (χ0) is 39.4. The highest BCUT2D eigenvalue weighted by Gasteiger charge is 2.45. The van der Waals surface area contributed by atoms with E-state index in [-0.39, 0.29) is 58.3 Å². The molecule has 15 nitrogen and oxygen atoms in total. The maximum atomic E-state index is 15.4. The van der Waals surface area contributed by atoms with Gasteiger partial charge >= 0.3 is 0 Å². The predicted molar refractivity (Wildman–Crippen MR) is 195 cm³/mol. The number of aromatic nitrogens is 3. The van der Waals surface area contributed by atoms with Crippen LogP contribution in [0, 0.1) is 24.5 Å². The summed E-state index contributed by atoms with van der Waals surface area (Å²) in [5, 5.41) is 5.00. The fourth-order valence-corrected chi connectivity index (χ4v) is 7.80. The summed E-state index contributed by atoms with van der Waals surface area (Å²) in [7, 11) is 0. The second-order valence-electron chi connectivity index (χ2n) is 14.4. The van der Waals surface area contributed by atoms with Gasteiger partial charge in [0.05, 0.1) is 28.0 Å². The molecule has 8 rings (SSSR count). The molecule has 1 atom stereocenters. The first-order valence-corrected chi connectivity index (χ1v) is 18.3. The van der Waals surface area contributed by atoms with E-state index in [1.54, 1.807) is 24.0 Å². The van der Waals surface area contributed by atoms with Crippen molar-refractivity contribution in [2.45, 2.75) is 51.2 Å². The van der Waals surface area contributed by atoms with Crippen molar-refractivity contribution in [3.05, 3.63) is 92.4 Å². The zero-order valence-corrected chi connectivity index (χ0v) is 30.2. The molecule has 4 aliphatic heterocycles. The number of benzene rings is 2. The molecule has 4 aliphatic rings. The minimum absolute atomic E-state index is 0.0165. The van der Waals surface area contributed by atoms with Crippen LogP contribution in [0.2, 0.25) is 0 Å². The quantitative estimate of drug-likeness (QED) is 0.185. The molecule has 3 N–H and O–H groups in total. The van der Waals surface area contributed by atoms with Gasteiger partial charge in [-0.05, 0) is 56.5 Å². The number of amides is 5. The Morgan fingerprint density at radius 1 is 0.839 bits per heavy atom. The van der Waals surface area contributed by atoms with Gasteiger partial charge in [-0.15, -0.1) is 0 Å². The lowest BCUT2D eigenvalue weighted by Crippen LogP contribution is -2.54. The van der Waals surface area contributed by atoms with Crippen LogP contribution in [0.4, 0.5) is 24.5 Å². The molecular weight excluding hydrogens is 735 g/mol. The Hall–Kier alpha value is -6.17. The molecule has 4 aromatic rings. The number of aryl methyl sites for hydroxylation is 1. The fourth-order valence-electron chi connectivity index (χ4n) is 7.80.